The number of sulfone groups is 1. The number of para-hydroxylation sites is 1. The van der Waals surface area contributed by atoms with Crippen molar-refractivity contribution in [3.8, 4) is 0 Å². The fraction of sp³-hybridized carbons (Fsp3) is 0.471. The molecule has 1 fully saturated rings. The lowest BCUT2D eigenvalue weighted by Gasteiger charge is -2.31. The van der Waals surface area contributed by atoms with Crippen LogP contribution in [-0.2, 0) is 74.8 Å². The van der Waals surface area contributed by atoms with Crippen molar-refractivity contribution in [1.82, 2.24) is 19.8 Å². The molecule has 0 saturated heterocycles. The molecule has 1 aliphatic heterocycles. The predicted octanol–water partition coefficient (Wildman–Crippen LogP) is 7.82. The van der Waals surface area contributed by atoms with Crippen LogP contribution in [0.1, 0.15) is 83.8 Å². The molecule has 0 bridgehead atoms. The van der Waals surface area contributed by atoms with E-state index >= 15 is 0 Å². The molecule has 0 spiro atoms. The van der Waals surface area contributed by atoms with E-state index in [1.807, 2.05) is 31.3 Å². The highest BCUT2D eigenvalue weighted by atomic mass is 35.5. The average molecular weight is 1290 g/mol. The van der Waals surface area contributed by atoms with E-state index in [2.05, 4.69) is 46.6 Å². The third-order valence-corrected chi connectivity index (χ3v) is 15.5. The predicted molar refractivity (Wildman–Crippen MR) is 307 cm³/mol. The number of anilines is 1. The van der Waals surface area contributed by atoms with E-state index in [4.69, 9.17) is 42.5 Å². The third kappa shape index (κ3) is 22.6. The first-order valence-electron chi connectivity index (χ1n) is 24.6. The molecule has 31 heteroatoms. The van der Waals surface area contributed by atoms with E-state index in [0.717, 1.165) is 90.4 Å². The number of ether oxygens (including phenoxy) is 2. The van der Waals surface area contributed by atoms with Crippen LogP contribution in [0.15, 0.2) is 78.8 Å². The molecule has 2 atom stereocenters. The fourth-order valence-corrected chi connectivity index (χ4v) is 10.9. The van der Waals surface area contributed by atoms with Gasteiger partial charge in [-0.1, -0.05) is 41.9 Å². The Bertz CT molecular complexity index is 3290. The molecule has 0 radical (unpaired) electrons. The lowest BCUT2D eigenvalue weighted by atomic mass is 10.0. The minimum absolute atomic E-state index is 0.0223. The minimum atomic E-state index is -4.71. The summed E-state index contributed by atoms with van der Waals surface area (Å²) in [6.07, 6.45) is 7.50. The van der Waals surface area contributed by atoms with Gasteiger partial charge < -0.3 is 38.4 Å². The summed E-state index contributed by atoms with van der Waals surface area (Å²) < 4.78 is 105. The molecular formula is C51H65Cl2F4N6O14PS4. The summed E-state index contributed by atoms with van der Waals surface area (Å²) in [7, 11) is -4.81. The zero-order chi connectivity index (χ0) is 61.9. The second-order valence-corrected chi connectivity index (χ2v) is 27.1. The van der Waals surface area contributed by atoms with Crippen LogP contribution in [0.5, 0.6) is 0 Å². The number of hydrogen-bond acceptors (Lipinski definition) is 17. The zero-order valence-corrected chi connectivity index (χ0v) is 51.9. The summed E-state index contributed by atoms with van der Waals surface area (Å²) in [5, 5.41) is 13.7. The van der Waals surface area contributed by atoms with Gasteiger partial charge in [-0.05, 0) is 110 Å². The Morgan fingerprint density at radius 1 is 1.09 bits per heavy atom. The maximum atomic E-state index is 14.3. The standard InChI is InChI=1S/C15H15ClFN3O3S2.C15H22ClNO2.C15H12F3NO4S.C3H8NO5P.C3H9S/c1-23-13(21)8-24-12-7-11(10(17)6-9(12)16)18-14-19-4-2-3-5-20(19)15(22)25-14;1-5-13-8-6-7-11(2)15(13)17(14(18)9-16)12(3)10-19-4;1-24(21,22)12-6-9(15(16,17)18)4-5-10(12)13(20)11-7-19-23-14(11)8-2-3-8;5-3(6)1-4-2-10(7,8)9;1-4(2)3/h6-7H,2-5,8H2,1H3;6-8,12H,5,9-10H2,1-4H3;4-8H,2-3H2,1H3;4H,1-2H2,(H,5,6)(H2,7,8,9);1-3H3/q;;;;+1/p-1/b18-14-;;;;. The maximum Gasteiger partial charge on any atom is 0.416 e. The molecule has 5 aromatic rings. The van der Waals surface area contributed by atoms with Crippen molar-refractivity contribution in [2.24, 2.45) is 4.99 Å². The number of esters is 1. The first-order chi connectivity index (χ1) is 38.3. The molecule has 82 heavy (non-hydrogen) atoms. The van der Waals surface area contributed by atoms with Crippen molar-refractivity contribution in [2.75, 3.05) is 75.2 Å². The van der Waals surface area contributed by atoms with Crippen molar-refractivity contribution < 1.29 is 78.6 Å². The number of benzene rings is 3. The van der Waals surface area contributed by atoms with Gasteiger partial charge in [-0.2, -0.15) is 13.2 Å². The van der Waals surface area contributed by atoms with Gasteiger partial charge in [0.2, 0.25) is 10.7 Å². The molecule has 454 valence electrons. The smallest absolute Gasteiger partial charge is 0.416 e. The number of hydrogen-bond donors (Lipinski definition) is 3. The zero-order valence-electron chi connectivity index (χ0n) is 46.2. The van der Waals surface area contributed by atoms with Gasteiger partial charge in [0.05, 0.1) is 90.0 Å². The van der Waals surface area contributed by atoms with Gasteiger partial charge in [-0.15, -0.1) is 23.4 Å². The third-order valence-electron chi connectivity index (χ3n) is 11.2. The Kier molecular flexibility index (Phi) is 28.7. The van der Waals surface area contributed by atoms with E-state index < -0.39 is 70.4 Å². The second-order valence-electron chi connectivity index (χ2n) is 18.5. The van der Waals surface area contributed by atoms with Crippen LogP contribution >= 0.6 is 53.9 Å². The number of methoxy groups -OCH3 is 2. The van der Waals surface area contributed by atoms with Crippen LogP contribution < -0.4 is 24.8 Å². The maximum absolute atomic E-state index is 14.3. The number of rotatable bonds is 18. The van der Waals surface area contributed by atoms with Crippen molar-refractivity contribution in [2.45, 2.75) is 93.9 Å². The van der Waals surface area contributed by atoms with E-state index in [1.54, 1.807) is 21.4 Å². The lowest BCUT2D eigenvalue weighted by molar-refractivity contribution is -0.193. The van der Waals surface area contributed by atoms with E-state index in [1.165, 1.54) is 19.4 Å². The van der Waals surface area contributed by atoms with Crippen molar-refractivity contribution >= 4 is 110 Å². The van der Waals surface area contributed by atoms with Crippen LogP contribution in [0.3, 0.4) is 0 Å². The Hall–Kier alpha value is -4.87. The quantitative estimate of drug-likeness (QED) is 0.0143. The molecule has 2 aromatic heterocycles. The van der Waals surface area contributed by atoms with Crippen LogP contribution in [0.2, 0.25) is 5.02 Å². The minimum Gasteiger partial charge on any atom is -0.778 e. The van der Waals surface area contributed by atoms with Gasteiger partial charge in [-0.25, -0.2) is 22.5 Å². The number of nitrogens with zero attached hydrogens (tertiary/aromatic N) is 5. The fourth-order valence-electron chi connectivity index (χ4n) is 7.45. The molecule has 2 aliphatic rings. The van der Waals surface area contributed by atoms with E-state index in [0.29, 0.717) is 58.2 Å². The SMILES string of the molecule is CCc1cccc(C)c1N(C(=O)CCl)C(C)COC.COC(=O)CSc1cc(/N=c2\sc(=O)n3n2CCCC3)c(F)cc1Cl.CS(=O)(=O)c1cc(C(F)(F)F)ccc1C(=O)c1cnoc1C1CC1.C[S+](C)C.O=C(O)CNCP(=O)([O-])O. The number of carbonyl (C=O) groups excluding carboxylic acids is 3. The molecule has 1 aliphatic carbocycles. The highest BCUT2D eigenvalue weighted by Crippen LogP contribution is 2.43. The van der Waals surface area contributed by atoms with Crippen LogP contribution in [0.25, 0.3) is 0 Å². The van der Waals surface area contributed by atoms with Gasteiger partial charge >= 0.3 is 23.0 Å². The number of fused-ring (bicyclic) bond motifs is 1. The number of thioether (sulfide) groups is 1. The van der Waals surface area contributed by atoms with Gasteiger partial charge in [0.15, 0.2) is 21.4 Å². The Morgan fingerprint density at radius 2 is 1.72 bits per heavy atom. The van der Waals surface area contributed by atoms with Crippen molar-refractivity contribution in [3.63, 3.8) is 0 Å². The van der Waals surface area contributed by atoms with Crippen LogP contribution in [-0.4, -0.2) is 133 Å². The number of halogens is 6. The van der Waals surface area contributed by atoms with Crippen molar-refractivity contribution in [1.29, 1.82) is 0 Å². The molecule has 20 nitrogen and oxygen atoms in total. The topological polar surface area (TPSA) is 282 Å². The number of carboxylic acid groups (broad SMARTS) is 1. The molecule has 3 aromatic carbocycles. The number of carboxylic acids is 1. The van der Waals surface area contributed by atoms with Crippen molar-refractivity contribution in [3.05, 3.63) is 114 Å². The summed E-state index contributed by atoms with van der Waals surface area (Å²) in [5.41, 5.74) is 1.92. The molecule has 2 unspecified atom stereocenters. The molecule has 3 heterocycles. The first kappa shape index (κ1) is 71.4. The number of amides is 1. The Labute approximate surface area is 493 Å². The highest BCUT2D eigenvalue weighted by Gasteiger charge is 2.36. The number of aryl methyl sites for hydroxylation is 2. The summed E-state index contributed by atoms with van der Waals surface area (Å²) in [6, 6.07) is 10.7. The Morgan fingerprint density at radius 3 is 2.26 bits per heavy atom. The van der Waals surface area contributed by atoms with Gasteiger partial charge in [0.1, 0.15) is 25.0 Å². The van der Waals surface area contributed by atoms with Gasteiger partial charge in [0.25, 0.3) is 0 Å². The number of carbonyl (C=O) groups is 4. The highest BCUT2D eigenvalue weighted by molar-refractivity contribution is 8.00. The van der Waals surface area contributed by atoms with E-state index in [-0.39, 0.29) is 56.2 Å². The second kappa shape index (κ2) is 33.0. The van der Waals surface area contributed by atoms with E-state index in [9.17, 15) is 59.4 Å². The van der Waals surface area contributed by atoms with Gasteiger partial charge in [0, 0.05) is 42.8 Å². The largest absolute Gasteiger partial charge is 0.778 e. The summed E-state index contributed by atoms with van der Waals surface area (Å²) in [6.45, 7) is 7.41. The molecule has 1 saturated carbocycles. The molecular weight excluding hydrogens is 1230 g/mol. The number of ketones is 1. The monoisotopic (exact) mass is 1290 g/mol. The average Bonchev–Trinajstić information content (AvgIpc) is 4.22. The van der Waals surface area contributed by atoms with Gasteiger partial charge in [-0.3, -0.25) is 34.0 Å². The lowest BCUT2D eigenvalue weighted by Crippen LogP contribution is -2.43. The first-order valence-corrected chi connectivity index (χ1v) is 33.5. The number of aromatic nitrogens is 3. The summed E-state index contributed by atoms with van der Waals surface area (Å²) in [5.74, 6) is -2.53. The van der Waals surface area contributed by atoms with Crippen LogP contribution in [0.4, 0.5) is 28.9 Å². The normalized spacial score (nSPS) is 14.2. The molecule has 7 rings (SSSR count). The number of alkyl halides is 4. The number of aliphatic carboxylic acids is 1. The molecule has 1 amide bonds. The summed E-state index contributed by atoms with van der Waals surface area (Å²) in [4.78, 5) is 82.2. The number of nitrogens with one attached hydrogen (secondary N) is 1. The summed E-state index contributed by atoms with van der Waals surface area (Å²) >= 11 is 13.9. The van der Waals surface area contributed by atoms with Crippen LogP contribution in [0, 0.1) is 12.7 Å². The molecule has 3 N–H and O–H groups in total. The Balaban J connectivity index is 0.000000291.